The number of primary amides is 1. The Morgan fingerprint density at radius 1 is 1.15 bits per heavy atom. The van der Waals surface area contributed by atoms with Gasteiger partial charge in [0, 0.05) is 24.1 Å². The molecule has 1 unspecified atom stereocenters. The lowest BCUT2D eigenvalue weighted by Crippen LogP contribution is -2.25. The first kappa shape index (κ1) is 26.9. The topological polar surface area (TPSA) is 85.0 Å². The number of nitrogens with zero attached hydrogens (tertiary/aromatic N) is 2. The summed E-state index contributed by atoms with van der Waals surface area (Å²) < 4.78 is 1.99. The molecular formula is C27H36N5OP. The van der Waals surface area contributed by atoms with Gasteiger partial charge in [0.2, 0.25) is 6.41 Å². The van der Waals surface area contributed by atoms with E-state index in [0.717, 1.165) is 50.7 Å². The summed E-state index contributed by atoms with van der Waals surface area (Å²) in [5, 5.41) is 13.0. The van der Waals surface area contributed by atoms with Crippen LogP contribution in [0.4, 0.5) is 5.69 Å². The summed E-state index contributed by atoms with van der Waals surface area (Å²) in [4.78, 5) is 8.58. The van der Waals surface area contributed by atoms with Crippen molar-refractivity contribution in [2.24, 2.45) is 5.73 Å². The molecule has 0 bridgehead atoms. The SMILES string of the molecule is C=C(/C=C(/NCCNc1ccc(CC)cc1)n1ncc(PC)c1C)c1ccccc1C.NC=O. The Morgan fingerprint density at radius 3 is 2.41 bits per heavy atom. The van der Waals surface area contributed by atoms with Crippen molar-refractivity contribution in [3.05, 3.63) is 89.8 Å². The quantitative estimate of drug-likeness (QED) is 0.176. The second kappa shape index (κ2) is 14.0. The van der Waals surface area contributed by atoms with Crippen molar-refractivity contribution in [3.63, 3.8) is 0 Å². The lowest BCUT2D eigenvalue weighted by atomic mass is 10.0. The zero-order valence-corrected chi connectivity index (χ0v) is 21.6. The number of hydrogen-bond donors (Lipinski definition) is 3. The number of allylic oxidation sites excluding steroid dienone is 2. The van der Waals surface area contributed by atoms with Gasteiger partial charge in [0.1, 0.15) is 5.82 Å². The zero-order valence-electron chi connectivity index (χ0n) is 20.6. The number of hydrogen-bond acceptors (Lipinski definition) is 4. The van der Waals surface area contributed by atoms with Gasteiger partial charge in [-0.15, -0.1) is 0 Å². The van der Waals surface area contributed by atoms with Gasteiger partial charge in [-0.2, -0.15) is 5.10 Å². The van der Waals surface area contributed by atoms with Crippen molar-refractivity contribution in [1.29, 1.82) is 0 Å². The summed E-state index contributed by atoms with van der Waals surface area (Å²) in [6.07, 6.45) is 5.37. The van der Waals surface area contributed by atoms with Crippen LogP contribution in [0.5, 0.6) is 0 Å². The van der Waals surface area contributed by atoms with Gasteiger partial charge in [-0.25, -0.2) is 4.68 Å². The maximum atomic E-state index is 8.58. The Bertz CT molecular complexity index is 1100. The molecule has 6 nitrogen and oxygen atoms in total. The average molecular weight is 478 g/mol. The average Bonchev–Trinajstić information content (AvgIpc) is 3.22. The van der Waals surface area contributed by atoms with Gasteiger partial charge in [-0.05, 0) is 67.4 Å². The third-order valence-electron chi connectivity index (χ3n) is 5.43. The van der Waals surface area contributed by atoms with Gasteiger partial charge in [-0.1, -0.05) is 58.5 Å². The highest BCUT2D eigenvalue weighted by atomic mass is 31.1. The van der Waals surface area contributed by atoms with Gasteiger partial charge >= 0.3 is 0 Å². The third kappa shape index (κ3) is 7.60. The van der Waals surface area contributed by atoms with E-state index in [-0.39, 0.29) is 6.41 Å². The minimum atomic E-state index is 0.250. The van der Waals surface area contributed by atoms with Crippen molar-refractivity contribution in [2.75, 3.05) is 25.1 Å². The number of aromatic nitrogens is 2. The molecule has 2 aromatic carbocycles. The number of carbonyl (C=O) groups excluding carboxylic acids is 1. The zero-order chi connectivity index (χ0) is 24.9. The van der Waals surface area contributed by atoms with Crippen LogP contribution < -0.4 is 21.7 Å². The number of nitrogens with one attached hydrogen (secondary N) is 2. The molecule has 1 amide bonds. The molecule has 1 atom stereocenters. The van der Waals surface area contributed by atoms with Crippen LogP contribution in [0.25, 0.3) is 11.4 Å². The van der Waals surface area contributed by atoms with E-state index >= 15 is 0 Å². The Balaban J connectivity index is 0.00000129. The van der Waals surface area contributed by atoms with Crippen LogP contribution in [0.15, 0.2) is 67.4 Å². The summed E-state index contributed by atoms with van der Waals surface area (Å²) in [5.74, 6) is 0.943. The molecule has 3 rings (SSSR count). The first-order valence-electron chi connectivity index (χ1n) is 11.4. The standard InChI is InChI=1S/C26H33N4P.CH3NO/c1-6-22-11-13-23(14-12-22)27-15-16-28-26(30-21(4)25(31-5)18-29-30)17-20(3)24-10-8-7-9-19(24)2;2-1-3/h7-14,17-18,27-28,31H,3,6,15-16H2,1-2,4-5H3;1H,(H2,2,3)/b26-17-;. The van der Waals surface area contributed by atoms with Gasteiger partial charge in [0.25, 0.3) is 0 Å². The number of aryl methyl sites for hydroxylation is 2. The van der Waals surface area contributed by atoms with Crippen LogP contribution in [-0.2, 0) is 11.2 Å². The molecule has 3 aromatic rings. The molecule has 0 aliphatic carbocycles. The fourth-order valence-corrected chi connectivity index (χ4v) is 4.17. The van der Waals surface area contributed by atoms with Crippen molar-refractivity contribution in [1.82, 2.24) is 15.1 Å². The van der Waals surface area contributed by atoms with E-state index in [1.165, 1.54) is 22.1 Å². The third-order valence-corrected chi connectivity index (χ3v) is 6.46. The smallest absolute Gasteiger partial charge is 0.204 e. The summed E-state index contributed by atoms with van der Waals surface area (Å²) in [7, 11) is 0.718. The van der Waals surface area contributed by atoms with E-state index in [2.05, 4.69) is 110 Å². The van der Waals surface area contributed by atoms with Crippen LogP contribution in [0.2, 0.25) is 0 Å². The Kier molecular flexibility index (Phi) is 11.1. The van der Waals surface area contributed by atoms with E-state index in [4.69, 9.17) is 4.79 Å². The molecule has 34 heavy (non-hydrogen) atoms. The molecule has 0 spiro atoms. The van der Waals surface area contributed by atoms with Crippen LogP contribution in [0.3, 0.4) is 0 Å². The van der Waals surface area contributed by atoms with E-state index in [1.807, 2.05) is 10.9 Å². The van der Waals surface area contributed by atoms with Gasteiger partial charge in [0.05, 0.1) is 11.9 Å². The van der Waals surface area contributed by atoms with E-state index in [9.17, 15) is 0 Å². The van der Waals surface area contributed by atoms with Crippen molar-refractivity contribution >= 4 is 37.4 Å². The van der Waals surface area contributed by atoms with Crippen molar-refractivity contribution in [2.45, 2.75) is 27.2 Å². The second-order valence-electron chi connectivity index (χ2n) is 7.72. The molecule has 0 aliphatic rings. The molecule has 7 heteroatoms. The lowest BCUT2D eigenvalue weighted by Gasteiger charge is -2.16. The van der Waals surface area contributed by atoms with E-state index in [1.54, 1.807) is 0 Å². The van der Waals surface area contributed by atoms with Gasteiger partial charge in [0.15, 0.2) is 0 Å². The summed E-state index contributed by atoms with van der Waals surface area (Å²) >= 11 is 0. The molecule has 180 valence electrons. The number of rotatable bonds is 10. The first-order chi connectivity index (χ1) is 16.4. The second-order valence-corrected chi connectivity index (χ2v) is 8.75. The predicted octanol–water partition coefficient (Wildman–Crippen LogP) is 4.31. The monoisotopic (exact) mass is 477 g/mol. The van der Waals surface area contributed by atoms with Crippen LogP contribution >= 0.6 is 8.58 Å². The predicted molar refractivity (Wildman–Crippen MR) is 148 cm³/mol. The van der Waals surface area contributed by atoms with Crippen molar-refractivity contribution < 1.29 is 4.79 Å². The lowest BCUT2D eigenvalue weighted by molar-refractivity contribution is -0.106. The molecule has 1 aromatic heterocycles. The van der Waals surface area contributed by atoms with Crippen LogP contribution in [-0.4, -0.2) is 35.9 Å². The first-order valence-corrected chi connectivity index (χ1v) is 12.9. The molecule has 0 radical (unpaired) electrons. The Hall–Kier alpha value is -3.37. The molecule has 0 aliphatic heterocycles. The van der Waals surface area contributed by atoms with Crippen LogP contribution in [0, 0.1) is 13.8 Å². The minimum absolute atomic E-state index is 0.250. The Labute approximate surface area is 205 Å². The summed E-state index contributed by atoms with van der Waals surface area (Å²) in [6, 6.07) is 17.0. The highest BCUT2D eigenvalue weighted by Gasteiger charge is 2.10. The van der Waals surface area contributed by atoms with Gasteiger partial charge in [-0.3, -0.25) is 4.79 Å². The highest BCUT2D eigenvalue weighted by Crippen LogP contribution is 2.21. The molecule has 4 N–H and O–H groups in total. The molecule has 0 saturated carbocycles. The number of benzene rings is 2. The molecular weight excluding hydrogens is 441 g/mol. The molecule has 1 heterocycles. The largest absolute Gasteiger partial charge is 0.383 e. The normalized spacial score (nSPS) is 11.1. The molecule has 0 saturated heterocycles. The molecule has 0 fully saturated rings. The number of anilines is 1. The fraction of sp³-hybridized carbons (Fsp3) is 0.259. The number of amides is 1. The number of carbonyl (C=O) groups is 1. The fourth-order valence-electron chi connectivity index (χ4n) is 3.52. The summed E-state index contributed by atoms with van der Waals surface area (Å²) in [5.41, 5.74) is 11.2. The highest BCUT2D eigenvalue weighted by molar-refractivity contribution is 7.46. The van der Waals surface area contributed by atoms with Gasteiger partial charge < -0.3 is 16.4 Å². The number of nitrogens with two attached hydrogens (primary N) is 1. The Morgan fingerprint density at radius 2 is 1.82 bits per heavy atom. The van der Waals surface area contributed by atoms with E-state index in [0.29, 0.717) is 0 Å². The van der Waals surface area contributed by atoms with Crippen LogP contribution in [0.1, 0.15) is 29.3 Å². The maximum absolute atomic E-state index is 8.58. The van der Waals surface area contributed by atoms with Crippen molar-refractivity contribution in [3.8, 4) is 0 Å². The maximum Gasteiger partial charge on any atom is 0.204 e. The minimum Gasteiger partial charge on any atom is -0.383 e. The van der Waals surface area contributed by atoms with E-state index < -0.39 is 0 Å². The summed E-state index contributed by atoms with van der Waals surface area (Å²) in [6.45, 7) is 14.5.